The maximum absolute atomic E-state index is 6.54. The molecule has 1 unspecified atom stereocenters. The Morgan fingerprint density at radius 1 is 0.821 bits per heavy atom. The second-order valence-corrected chi connectivity index (χ2v) is 19.0. The van der Waals surface area contributed by atoms with Gasteiger partial charge in [0.2, 0.25) is 0 Å². The van der Waals surface area contributed by atoms with E-state index in [9.17, 15) is 0 Å². The van der Waals surface area contributed by atoms with Gasteiger partial charge in [-0.05, 0) is 0 Å². The van der Waals surface area contributed by atoms with E-state index in [4.69, 9.17) is 17.0 Å². The monoisotopic (exact) mass is 491 g/mol. The van der Waals surface area contributed by atoms with Gasteiger partial charge in [-0.2, -0.15) is 0 Å². The Kier molecular flexibility index (Phi) is 6.16. The molecule has 149 valence electrons. The third kappa shape index (κ3) is 4.23. The summed E-state index contributed by atoms with van der Waals surface area (Å²) in [5.74, 6) is 0. The van der Waals surface area contributed by atoms with E-state index in [1.807, 2.05) is 0 Å². The van der Waals surface area contributed by atoms with Gasteiger partial charge in [-0.15, -0.1) is 0 Å². The second kappa shape index (κ2) is 7.72. The van der Waals surface area contributed by atoms with Crippen LogP contribution in [0.5, 0.6) is 0 Å². The number of aryl methyl sites for hydroxylation is 1. The van der Waals surface area contributed by atoms with Crippen LogP contribution in [0.15, 0.2) is 35.9 Å². The van der Waals surface area contributed by atoms with Gasteiger partial charge in [0.05, 0.1) is 0 Å². The van der Waals surface area contributed by atoms with Gasteiger partial charge < -0.3 is 0 Å². The summed E-state index contributed by atoms with van der Waals surface area (Å²) >= 11 is -2.44. The molecule has 0 nitrogen and oxygen atoms in total. The molecule has 1 aliphatic carbocycles. The molecule has 3 heteroatoms. The van der Waals surface area contributed by atoms with Gasteiger partial charge in [-0.25, -0.2) is 0 Å². The SMILES string of the molecule is CC1=Cc2c(ccc(C)c2-c2cc(C(C)(C)C)cc(C(C)(C)C)c2)[CH]1[Zr]([Cl])[Cl]. The Bertz CT molecular complexity index is 908. The number of benzene rings is 2. The number of hydrogen-bond donors (Lipinski definition) is 0. The van der Waals surface area contributed by atoms with Gasteiger partial charge in [0, 0.05) is 0 Å². The summed E-state index contributed by atoms with van der Waals surface area (Å²) < 4.78 is 0.271. The summed E-state index contributed by atoms with van der Waals surface area (Å²) in [7, 11) is 13.1. The Labute approximate surface area is 186 Å². The molecule has 0 heterocycles. The molecule has 2 aromatic carbocycles. The molecule has 0 fully saturated rings. The summed E-state index contributed by atoms with van der Waals surface area (Å²) in [5.41, 5.74) is 10.9. The van der Waals surface area contributed by atoms with Crippen molar-refractivity contribution in [1.29, 1.82) is 0 Å². The molecule has 0 saturated heterocycles. The number of hydrogen-bond acceptors (Lipinski definition) is 0. The van der Waals surface area contributed by atoms with Gasteiger partial charge in [0.15, 0.2) is 0 Å². The molecule has 0 aliphatic heterocycles. The van der Waals surface area contributed by atoms with E-state index in [1.54, 1.807) is 0 Å². The van der Waals surface area contributed by atoms with Crippen LogP contribution in [0.25, 0.3) is 17.2 Å². The van der Waals surface area contributed by atoms with E-state index in [1.165, 1.54) is 44.5 Å². The average molecular weight is 494 g/mol. The predicted molar refractivity (Wildman–Crippen MR) is 122 cm³/mol. The summed E-state index contributed by atoms with van der Waals surface area (Å²) in [4.78, 5) is 0. The average Bonchev–Trinajstić information content (AvgIpc) is 2.88. The molecule has 0 amide bonds. The fourth-order valence-corrected chi connectivity index (χ4v) is 9.69. The Morgan fingerprint density at radius 3 is 1.82 bits per heavy atom. The van der Waals surface area contributed by atoms with Crippen LogP contribution in [-0.4, -0.2) is 0 Å². The molecule has 0 saturated carbocycles. The van der Waals surface area contributed by atoms with Gasteiger partial charge in [-0.3, -0.25) is 0 Å². The van der Waals surface area contributed by atoms with Crippen molar-refractivity contribution in [1.82, 2.24) is 0 Å². The summed E-state index contributed by atoms with van der Waals surface area (Å²) in [6.07, 6.45) is 2.33. The zero-order chi connectivity index (χ0) is 21.0. The van der Waals surface area contributed by atoms with Crippen LogP contribution in [0, 0.1) is 6.92 Å². The van der Waals surface area contributed by atoms with Gasteiger partial charge in [0.1, 0.15) is 0 Å². The minimum atomic E-state index is -2.44. The summed E-state index contributed by atoms with van der Waals surface area (Å²) in [6, 6.07) is 11.6. The Balaban J connectivity index is 2.31. The normalized spacial score (nSPS) is 16.8. The molecule has 0 aromatic heterocycles. The number of halogens is 2. The topological polar surface area (TPSA) is 0 Å². The van der Waals surface area contributed by atoms with Crippen molar-refractivity contribution in [2.45, 2.75) is 69.8 Å². The molecule has 1 aliphatic rings. The molecule has 1 atom stereocenters. The first-order chi connectivity index (χ1) is 12.8. The van der Waals surface area contributed by atoms with Crippen LogP contribution in [0.1, 0.15) is 79.9 Å². The molecule has 3 rings (SSSR count). The first-order valence-corrected chi connectivity index (χ1v) is 17.7. The Hall–Kier alpha value is -0.357. The Morgan fingerprint density at radius 2 is 1.36 bits per heavy atom. The third-order valence-corrected chi connectivity index (χ3v) is 11.3. The molecular weight excluding hydrogens is 462 g/mol. The molecular formula is C25H31Cl2Zr. The van der Waals surface area contributed by atoms with E-state index < -0.39 is 19.4 Å². The van der Waals surface area contributed by atoms with Crippen molar-refractivity contribution >= 4 is 23.1 Å². The summed E-state index contributed by atoms with van der Waals surface area (Å²) in [5, 5.41) is 0. The quantitative estimate of drug-likeness (QED) is 0.393. The van der Waals surface area contributed by atoms with Crippen molar-refractivity contribution in [3.8, 4) is 11.1 Å². The zero-order valence-electron chi connectivity index (χ0n) is 18.3. The van der Waals surface area contributed by atoms with Gasteiger partial charge in [0.25, 0.3) is 0 Å². The predicted octanol–water partition coefficient (Wildman–Crippen LogP) is 8.64. The zero-order valence-corrected chi connectivity index (χ0v) is 22.3. The molecule has 2 aromatic rings. The first kappa shape index (κ1) is 22.3. The van der Waals surface area contributed by atoms with E-state index in [2.05, 4.69) is 91.8 Å². The van der Waals surface area contributed by atoms with E-state index in [0.29, 0.717) is 0 Å². The molecule has 0 spiro atoms. The van der Waals surface area contributed by atoms with Crippen molar-refractivity contribution in [3.63, 3.8) is 0 Å². The fourth-order valence-electron chi connectivity index (χ4n) is 4.02. The van der Waals surface area contributed by atoms with Crippen LogP contribution >= 0.6 is 17.0 Å². The number of allylic oxidation sites excluding steroid dienone is 1. The van der Waals surface area contributed by atoms with E-state index >= 15 is 0 Å². The van der Waals surface area contributed by atoms with Crippen LogP contribution < -0.4 is 0 Å². The van der Waals surface area contributed by atoms with Gasteiger partial charge >= 0.3 is 187 Å². The number of fused-ring (bicyclic) bond motifs is 1. The summed E-state index contributed by atoms with van der Waals surface area (Å²) in [6.45, 7) is 18.2. The molecule has 28 heavy (non-hydrogen) atoms. The van der Waals surface area contributed by atoms with E-state index in [-0.39, 0.29) is 14.5 Å². The third-order valence-electron chi connectivity index (χ3n) is 5.80. The molecule has 0 radical (unpaired) electrons. The van der Waals surface area contributed by atoms with Crippen molar-refractivity contribution in [3.05, 3.63) is 63.7 Å². The molecule has 0 N–H and O–H groups in total. The first-order valence-electron chi connectivity index (χ1n) is 9.96. The fraction of sp³-hybridized carbons (Fsp3) is 0.440. The van der Waals surface area contributed by atoms with Crippen molar-refractivity contribution in [2.24, 2.45) is 0 Å². The second-order valence-electron chi connectivity index (χ2n) is 10.2. The van der Waals surface area contributed by atoms with Crippen molar-refractivity contribution < 1.29 is 19.4 Å². The van der Waals surface area contributed by atoms with Gasteiger partial charge in [-0.1, -0.05) is 0 Å². The molecule has 0 bridgehead atoms. The van der Waals surface area contributed by atoms with Crippen LogP contribution in [-0.2, 0) is 30.2 Å². The standard InChI is InChI=1S/C25H31.2ClH.Zr/c1-16-11-18-10-9-17(2)23(22(18)12-16)19-13-20(24(3,4)5)15-21(14-19)25(6,7)8;;;/h9-15H,1-8H3;2*1H;/q;;;+2/p-2. The van der Waals surface area contributed by atoms with Crippen LogP contribution in [0.3, 0.4) is 0 Å². The maximum atomic E-state index is 6.54. The van der Waals surface area contributed by atoms with Crippen LogP contribution in [0.2, 0.25) is 0 Å². The van der Waals surface area contributed by atoms with Crippen molar-refractivity contribution in [2.75, 3.05) is 0 Å². The van der Waals surface area contributed by atoms with E-state index in [0.717, 1.165) is 0 Å². The van der Waals surface area contributed by atoms with Crippen LogP contribution in [0.4, 0.5) is 0 Å². The number of rotatable bonds is 2. The minimum absolute atomic E-state index is 0.101.